The molecule has 0 fully saturated rings. The van der Waals surface area contributed by atoms with Gasteiger partial charge in [-0.1, -0.05) is 56.2 Å². The summed E-state index contributed by atoms with van der Waals surface area (Å²) in [7, 11) is 0. The highest BCUT2D eigenvalue weighted by atomic mass is 17.5. The zero-order valence-corrected chi connectivity index (χ0v) is 16.0. The molecular formula is C20H32O5. The largest absolute Gasteiger partial charge is 0.251 e. The summed E-state index contributed by atoms with van der Waals surface area (Å²) in [4.78, 5) is 15.9. The topological polar surface area (TPSA) is 57.2 Å². The highest BCUT2D eigenvalue weighted by Crippen LogP contribution is 2.37. The zero-order chi connectivity index (χ0) is 18.6. The first-order valence-electron chi connectivity index (χ1n) is 9.13. The van der Waals surface area contributed by atoms with Crippen LogP contribution in [0.3, 0.4) is 0 Å². The lowest BCUT2D eigenvalue weighted by atomic mass is 9.76. The van der Waals surface area contributed by atoms with Gasteiger partial charge in [0.05, 0.1) is 0 Å². The maximum atomic E-state index is 9.51. The van der Waals surface area contributed by atoms with Gasteiger partial charge in [0, 0.05) is 0 Å². The summed E-state index contributed by atoms with van der Waals surface area (Å²) in [5.41, 5.74) is 1.34. The summed E-state index contributed by atoms with van der Waals surface area (Å²) in [5, 5.41) is 14.7. The summed E-state index contributed by atoms with van der Waals surface area (Å²) in [6.07, 6.45) is 7.93. The average molecular weight is 352 g/mol. The number of allylic oxidation sites excluding steroid dienone is 3. The van der Waals surface area contributed by atoms with Gasteiger partial charge in [-0.3, -0.25) is 5.26 Å². The van der Waals surface area contributed by atoms with Crippen LogP contribution < -0.4 is 0 Å². The van der Waals surface area contributed by atoms with E-state index in [1.807, 2.05) is 39.8 Å². The maximum absolute atomic E-state index is 9.51. The highest BCUT2D eigenvalue weighted by molar-refractivity contribution is 5.15. The van der Waals surface area contributed by atoms with Crippen LogP contribution in [0, 0.1) is 17.8 Å². The van der Waals surface area contributed by atoms with E-state index in [0.717, 1.165) is 24.0 Å². The van der Waals surface area contributed by atoms with E-state index in [0.29, 0.717) is 18.3 Å². The van der Waals surface area contributed by atoms with E-state index in [1.165, 1.54) is 0 Å². The second-order valence-corrected chi connectivity index (χ2v) is 7.87. The highest BCUT2D eigenvalue weighted by Gasteiger charge is 2.46. The molecule has 0 aromatic rings. The third-order valence-corrected chi connectivity index (χ3v) is 5.57. The van der Waals surface area contributed by atoms with Crippen molar-refractivity contribution in [3.8, 4) is 0 Å². The normalized spacial score (nSPS) is 35.7. The van der Waals surface area contributed by atoms with Crippen molar-refractivity contribution >= 4 is 0 Å². The van der Waals surface area contributed by atoms with Gasteiger partial charge in [-0.05, 0) is 56.4 Å². The fourth-order valence-corrected chi connectivity index (χ4v) is 3.53. The van der Waals surface area contributed by atoms with Crippen LogP contribution in [0.15, 0.2) is 36.0 Å². The van der Waals surface area contributed by atoms with Gasteiger partial charge in [-0.25, -0.2) is 4.89 Å². The van der Waals surface area contributed by atoms with Crippen molar-refractivity contribution in [3.05, 3.63) is 36.0 Å². The van der Waals surface area contributed by atoms with E-state index in [2.05, 4.69) is 19.6 Å². The molecule has 142 valence electrons. The van der Waals surface area contributed by atoms with Crippen molar-refractivity contribution in [2.75, 3.05) is 0 Å². The molecule has 5 heteroatoms. The standard InChI is InChI=1S/C20H32O5/c1-13(2)17-8-7-16(6)18(12-17)22-25-23-19-11-15(5)9-10-20(19,24-21)14(3)4/h7,9-10,14-15,17-19,21H,1,8,11-12H2,2-6H3. The molecule has 0 aromatic heterocycles. The molecule has 5 unspecified atom stereocenters. The van der Waals surface area contributed by atoms with Gasteiger partial charge < -0.3 is 0 Å². The van der Waals surface area contributed by atoms with Gasteiger partial charge >= 0.3 is 0 Å². The Morgan fingerprint density at radius 3 is 2.64 bits per heavy atom. The molecule has 0 amide bonds. The molecule has 0 aliphatic heterocycles. The molecule has 25 heavy (non-hydrogen) atoms. The summed E-state index contributed by atoms with van der Waals surface area (Å²) >= 11 is 0. The number of hydrogen-bond donors (Lipinski definition) is 1. The summed E-state index contributed by atoms with van der Waals surface area (Å²) < 4.78 is 0. The van der Waals surface area contributed by atoms with E-state index >= 15 is 0 Å². The Morgan fingerprint density at radius 1 is 1.32 bits per heavy atom. The molecule has 0 saturated heterocycles. The van der Waals surface area contributed by atoms with Crippen LogP contribution in [0.5, 0.6) is 0 Å². The molecule has 5 atom stereocenters. The molecule has 1 N–H and O–H groups in total. The predicted octanol–water partition coefficient (Wildman–Crippen LogP) is 5.02. The van der Waals surface area contributed by atoms with Crippen molar-refractivity contribution in [2.45, 2.75) is 71.7 Å². The molecule has 0 heterocycles. The summed E-state index contributed by atoms with van der Waals surface area (Å²) in [5.74, 6) is 0.712. The Hall–Kier alpha value is -0.980. The average Bonchev–Trinajstić information content (AvgIpc) is 2.56. The number of hydrogen-bond acceptors (Lipinski definition) is 5. The molecular weight excluding hydrogens is 320 g/mol. The lowest BCUT2D eigenvalue weighted by Crippen LogP contribution is -2.51. The zero-order valence-electron chi connectivity index (χ0n) is 16.0. The smallest absolute Gasteiger partial charge is 0.153 e. The molecule has 2 aliphatic carbocycles. The molecule has 5 nitrogen and oxygen atoms in total. The van der Waals surface area contributed by atoms with Gasteiger partial charge in [0.25, 0.3) is 0 Å². The molecule has 2 aliphatic rings. The first-order valence-corrected chi connectivity index (χ1v) is 9.13. The fraction of sp³-hybridized carbons (Fsp3) is 0.700. The van der Waals surface area contributed by atoms with E-state index < -0.39 is 11.7 Å². The van der Waals surface area contributed by atoms with Crippen molar-refractivity contribution in [3.63, 3.8) is 0 Å². The Labute approximate surface area is 151 Å². The molecule has 0 radical (unpaired) electrons. The van der Waals surface area contributed by atoms with Crippen LogP contribution in [0.2, 0.25) is 0 Å². The quantitative estimate of drug-likeness (QED) is 0.396. The van der Waals surface area contributed by atoms with Crippen molar-refractivity contribution < 1.29 is 25.0 Å². The lowest BCUT2D eigenvalue weighted by molar-refractivity contribution is -0.552. The van der Waals surface area contributed by atoms with Crippen LogP contribution >= 0.6 is 0 Å². The SMILES string of the molecule is C=C(C)C1CC=C(C)C(OOOC2CC(C)C=CC2(OO)C(C)C)C1. The molecule has 0 saturated carbocycles. The maximum Gasteiger partial charge on any atom is 0.153 e. The molecule has 2 rings (SSSR count). The molecule has 0 spiro atoms. The predicted molar refractivity (Wildman–Crippen MR) is 96.3 cm³/mol. The molecule has 0 aromatic carbocycles. The first kappa shape index (κ1) is 20.3. The minimum absolute atomic E-state index is 0.0129. The van der Waals surface area contributed by atoms with Gasteiger partial charge in [-0.2, -0.15) is 9.78 Å². The monoisotopic (exact) mass is 352 g/mol. The van der Waals surface area contributed by atoms with Gasteiger partial charge in [-0.15, -0.1) is 0 Å². The van der Waals surface area contributed by atoms with E-state index in [-0.39, 0.29) is 12.0 Å². The van der Waals surface area contributed by atoms with E-state index in [4.69, 9.17) is 19.7 Å². The Balaban J connectivity index is 1.97. The van der Waals surface area contributed by atoms with Crippen molar-refractivity contribution in [1.82, 2.24) is 0 Å². The minimum atomic E-state index is -0.937. The Morgan fingerprint density at radius 2 is 2.04 bits per heavy atom. The van der Waals surface area contributed by atoms with Crippen LogP contribution in [0.1, 0.15) is 53.9 Å². The van der Waals surface area contributed by atoms with Crippen molar-refractivity contribution in [1.29, 1.82) is 0 Å². The number of rotatable bonds is 7. The van der Waals surface area contributed by atoms with E-state index in [1.54, 1.807) is 0 Å². The fourth-order valence-electron chi connectivity index (χ4n) is 3.53. The van der Waals surface area contributed by atoms with Gasteiger partial charge in [0.2, 0.25) is 0 Å². The second kappa shape index (κ2) is 8.60. The first-order chi connectivity index (χ1) is 11.8. The lowest BCUT2D eigenvalue weighted by Gasteiger charge is -2.40. The Kier molecular flexibility index (Phi) is 7.00. The molecule has 0 bridgehead atoms. The third-order valence-electron chi connectivity index (χ3n) is 5.57. The minimum Gasteiger partial charge on any atom is -0.251 e. The van der Waals surface area contributed by atoms with Gasteiger partial charge in [0.15, 0.2) is 5.60 Å². The Bertz CT molecular complexity index is 524. The van der Waals surface area contributed by atoms with Crippen LogP contribution in [0.4, 0.5) is 0 Å². The van der Waals surface area contributed by atoms with Crippen molar-refractivity contribution in [2.24, 2.45) is 17.8 Å². The van der Waals surface area contributed by atoms with Gasteiger partial charge in [0.1, 0.15) is 12.2 Å². The van der Waals surface area contributed by atoms with Crippen LogP contribution in [-0.2, 0) is 19.7 Å². The third kappa shape index (κ3) is 4.60. The second-order valence-electron chi connectivity index (χ2n) is 7.87. The summed E-state index contributed by atoms with van der Waals surface area (Å²) in [6.45, 7) is 14.1. The summed E-state index contributed by atoms with van der Waals surface area (Å²) in [6, 6.07) is 0. The van der Waals surface area contributed by atoms with Crippen LogP contribution in [-0.4, -0.2) is 23.1 Å². The van der Waals surface area contributed by atoms with Crippen LogP contribution in [0.25, 0.3) is 0 Å². The van der Waals surface area contributed by atoms with E-state index in [9.17, 15) is 5.26 Å².